The molecule has 0 aromatic carbocycles. The maximum atomic E-state index is 12.7. The molecule has 0 spiro atoms. The van der Waals surface area contributed by atoms with E-state index in [0.717, 1.165) is 38.0 Å². The van der Waals surface area contributed by atoms with Crippen molar-refractivity contribution < 1.29 is 13.2 Å². The number of rotatable bonds is 4. The highest BCUT2D eigenvalue weighted by molar-refractivity contribution is 5.09. The Morgan fingerprint density at radius 2 is 2.17 bits per heavy atom. The summed E-state index contributed by atoms with van der Waals surface area (Å²) in [5, 5.41) is 4.14. The molecule has 1 saturated heterocycles. The van der Waals surface area contributed by atoms with Gasteiger partial charge in [0.2, 0.25) is 0 Å². The van der Waals surface area contributed by atoms with Crippen LogP contribution in [0.1, 0.15) is 43.0 Å². The summed E-state index contributed by atoms with van der Waals surface area (Å²) in [6, 6.07) is 0. The molecule has 6 nitrogen and oxygen atoms in total. The van der Waals surface area contributed by atoms with Crippen LogP contribution in [0, 0.1) is 0 Å². The van der Waals surface area contributed by atoms with Gasteiger partial charge in [0.15, 0.2) is 0 Å². The number of aromatic amines is 1. The van der Waals surface area contributed by atoms with Gasteiger partial charge in [-0.3, -0.25) is 4.90 Å². The van der Waals surface area contributed by atoms with Gasteiger partial charge in [-0.2, -0.15) is 18.3 Å². The molecule has 9 heteroatoms. The van der Waals surface area contributed by atoms with E-state index in [1.54, 1.807) is 0 Å². The van der Waals surface area contributed by atoms with Crippen LogP contribution >= 0.6 is 0 Å². The molecule has 0 saturated carbocycles. The smallest absolute Gasteiger partial charge is 0.338 e. The van der Waals surface area contributed by atoms with E-state index in [1.165, 1.54) is 6.33 Å². The predicted octanol–water partition coefficient (Wildman–Crippen LogP) is 2.42. The van der Waals surface area contributed by atoms with Crippen LogP contribution in [-0.4, -0.2) is 42.7 Å². The van der Waals surface area contributed by atoms with Gasteiger partial charge < -0.3 is 4.98 Å². The van der Waals surface area contributed by atoms with Gasteiger partial charge in [-0.05, 0) is 26.3 Å². The molecule has 0 radical (unpaired) electrons. The molecule has 0 aliphatic carbocycles. The highest BCUT2D eigenvalue weighted by atomic mass is 19.4. The molecule has 0 unspecified atom stereocenters. The number of aromatic nitrogens is 5. The van der Waals surface area contributed by atoms with Crippen LogP contribution in [0.15, 0.2) is 12.5 Å². The maximum Gasteiger partial charge on any atom is 0.432 e. The lowest BCUT2D eigenvalue weighted by molar-refractivity contribution is -0.141. The molecule has 1 aliphatic heterocycles. The highest BCUT2D eigenvalue weighted by Crippen LogP contribution is 2.31. The fraction of sp³-hybridized carbons (Fsp3) is 0.643. The van der Waals surface area contributed by atoms with E-state index in [2.05, 4.69) is 25.0 Å². The van der Waals surface area contributed by atoms with Crippen LogP contribution in [0.3, 0.4) is 0 Å². The number of imidazole rings is 1. The molecule has 1 atom stereocenters. The molecule has 3 rings (SSSR count). The average Bonchev–Trinajstić information content (AvgIpc) is 3.16. The highest BCUT2D eigenvalue weighted by Gasteiger charge is 2.34. The van der Waals surface area contributed by atoms with Crippen molar-refractivity contribution in [2.45, 2.75) is 44.9 Å². The van der Waals surface area contributed by atoms with Crippen LogP contribution in [-0.2, 0) is 19.3 Å². The molecule has 1 N–H and O–H groups in total. The van der Waals surface area contributed by atoms with Crippen LogP contribution in [0.4, 0.5) is 13.2 Å². The molecule has 2 aromatic rings. The minimum Gasteiger partial charge on any atom is -0.338 e. The lowest BCUT2D eigenvalue weighted by atomic mass is 9.97. The number of nitrogens with one attached hydrogen (secondary N) is 1. The summed E-state index contributed by atoms with van der Waals surface area (Å²) in [5.41, 5.74) is -0.782. The number of alkyl halides is 3. The topological polar surface area (TPSA) is 62.6 Å². The Labute approximate surface area is 131 Å². The summed E-state index contributed by atoms with van der Waals surface area (Å²) < 4.78 is 39.9. The number of nitrogens with zero attached hydrogens (tertiary/aromatic N) is 5. The van der Waals surface area contributed by atoms with Gasteiger partial charge in [-0.1, -0.05) is 0 Å². The Hall–Kier alpha value is -1.90. The molecule has 23 heavy (non-hydrogen) atoms. The van der Waals surface area contributed by atoms with Gasteiger partial charge in [0.25, 0.3) is 0 Å². The van der Waals surface area contributed by atoms with Crippen molar-refractivity contribution in [2.75, 3.05) is 13.1 Å². The minimum atomic E-state index is -4.38. The van der Waals surface area contributed by atoms with E-state index < -0.39 is 11.9 Å². The number of H-pyrrole nitrogens is 1. The van der Waals surface area contributed by atoms with E-state index in [4.69, 9.17) is 0 Å². The number of hydrogen-bond donors (Lipinski definition) is 1. The molecule has 3 heterocycles. The van der Waals surface area contributed by atoms with Crippen LogP contribution < -0.4 is 0 Å². The van der Waals surface area contributed by atoms with Gasteiger partial charge in [0, 0.05) is 19.0 Å². The van der Waals surface area contributed by atoms with E-state index in [1.807, 2.05) is 11.6 Å². The van der Waals surface area contributed by atoms with Crippen molar-refractivity contribution >= 4 is 0 Å². The molecular formula is C14H19F3N6. The summed E-state index contributed by atoms with van der Waals surface area (Å²) in [6.45, 7) is 4.97. The minimum absolute atomic E-state index is 0.0159. The summed E-state index contributed by atoms with van der Waals surface area (Å²) in [4.78, 5) is 12.8. The second kappa shape index (κ2) is 6.31. The third kappa shape index (κ3) is 3.54. The first kappa shape index (κ1) is 16.0. The number of halogens is 3. The fourth-order valence-corrected chi connectivity index (χ4v) is 2.99. The van der Waals surface area contributed by atoms with Crippen molar-refractivity contribution in [3.05, 3.63) is 29.9 Å². The molecule has 0 bridgehead atoms. The average molecular weight is 328 g/mol. The van der Waals surface area contributed by atoms with E-state index in [9.17, 15) is 13.2 Å². The number of aryl methyl sites for hydroxylation is 1. The molecule has 126 valence electrons. The monoisotopic (exact) mass is 328 g/mol. The van der Waals surface area contributed by atoms with Gasteiger partial charge in [0.1, 0.15) is 23.7 Å². The number of hydrogen-bond acceptors (Lipinski definition) is 4. The van der Waals surface area contributed by atoms with Crippen LogP contribution in [0.2, 0.25) is 0 Å². The Kier molecular flexibility index (Phi) is 4.38. The quantitative estimate of drug-likeness (QED) is 0.936. The second-order valence-electron chi connectivity index (χ2n) is 5.75. The zero-order valence-electron chi connectivity index (χ0n) is 12.8. The molecule has 1 fully saturated rings. The molecule has 2 aromatic heterocycles. The molecule has 0 amide bonds. The standard InChI is InChI=1S/C14H19F3N6/c1-2-23-12(19-9-20-23)8-22-5-3-4-10(7-22)13-18-6-11(21-13)14(15,16)17/h6,9-10H,2-5,7-8H2,1H3,(H,18,21)/t10-/m0/s1. The Bertz CT molecular complexity index is 647. The van der Waals surface area contributed by atoms with Crippen molar-refractivity contribution in [1.29, 1.82) is 0 Å². The first-order valence-corrected chi connectivity index (χ1v) is 7.68. The van der Waals surface area contributed by atoms with E-state index >= 15 is 0 Å². The second-order valence-corrected chi connectivity index (χ2v) is 5.75. The summed E-state index contributed by atoms with van der Waals surface area (Å²) in [7, 11) is 0. The summed E-state index contributed by atoms with van der Waals surface area (Å²) in [5.74, 6) is 1.28. The Balaban J connectivity index is 1.67. The largest absolute Gasteiger partial charge is 0.432 e. The van der Waals surface area contributed by atoms with Crippen LogP contribution in [0.5, 0.6) is 0 Å². The lowest BCUT2D eigenvalue weighted by Crippen LogP contribution is -2.35. The first-order valence-electron chi connectivity index (χ1n) is 7.68. The zero-order chi connectivity index (χ0) is 16.4. The van der Waals surface area contributed by atoms with Crippen molar-refractivity contribution in [1.82, 2.24) is 29.6 Å². The third-order valence-corrected chi connectivity index (χ3v) is 4.15. The third-order valence-electron chi connectivity index (χ3n) is 4.15. The van der Waals surface area contributed by atoms with Gasteiger partial charge in [0.05, 0.1) is 12.7 Å². The van der Waals surface area contributed by atoms with Gasteiger partial charge in [-0.25, -0.2) is 14.6 Å². The SMILES string of the molecule is CCn1ncnc1CN1CCC[C@H](c2ncc(C(F)(F)F)[nH]2)C1. The van der Waals surface area contributed by atoms with Gasteiger partial charge >= 0.3 is 6.18 Å². The predicted molar refractivity (Wildman–Crippen MR) is 76.5 cm³/mol. The Morgan fingerprint density at radius 3 is 2.87 bits per heavy atom. The molecule has 1 aliphatic rings. The fourth-order valence-electron chi connectivity index (χ4n) is 2.99. The maximum absolute atomic E-state index is 12.7. The number of piperidine rings is 1. The zero-order valence-corrected chi connectivity index (χ0v) is 12.8. The van der Waals surface area contributed by atoms with Crippen molar-refractivity contribution in [3.8, 4) is 0 Å². The number of likely N-dealkylation sites (tertiary alicyclic amines) is 1. The molecular weight excluding hydrogens is 309 g/mol. The normalized spacial score (nSPS) is 20.1. The summed E-state index contributed by atoms with van der Waals surface area (Å²) in [6.07, 6.45) is -0.212. The Morgan fingerprint density at radius 1 is 1.35 bits per heavy atom. The summed E-state index contributed by atoms with van der Waals surface area (Å²) >= 11 is 0. The van der Waals surface area contributed by atoms with Crippen molar-refractivity contribution in [3.63, 3.8) is 0 Å². The first-order chi connectivity index (χ1) is 11.0. The van der Waals surface area contributed by atoms with E-state index in [-0.39, 0.29) is 5.92 Å². The van der Waals surface area contributed by atoms with Crippen LogP contribution in [0.25, 0.3) is 0 Å². The van der Waals surface area contributed by atoms with E-state index in [0.29, 0.717) is 18.9 Å². The van der Waals surface area contributed by atoms with Gasteiger partial charge in [-0.15, -0.1) is 0 Å². The van der Waals surface area contributed by atoms with Crippen molar-refractivity contribution in [2.24, 2.45) is 0 Å². The lowest BCUT2D eigenvalue weighted by Gasteiger charge is -2.31.